The van der Waals surface area contributed by atoms with Gasteiger partial charge in [0.1, 0.15) is 24.4 Å². The molecule has 4 heteroatoms. The highest BCUT2D eigenvalue weighted by atomic mass is 79.9. The van der Waals surface area contributed by atoms with Gasteiger partial charge in [-0.3, -0.25) is 4.79 Å². The van der Waals surface area contributed by atoms with E-state index in [4.69, 9.17) is 9.47 Å². The second-order valence-electron chi connectivity index (χ2n) is 5.32. The minimum absolute atomic E-state index is 0.0109. The summed E-state index contributed by atoms with van der Waals surface area (Å²) in [6.45, 7) is 0. The van der Waals surface area contributed by atoms with Crippen molar-refractivity contribution in [2.75, 3.05) is 0 Å². The maximum atomic E-state index is 12.3. The van der Waals surface area contributed by atoms with Crippen LogP contribution < -0.4 is 0 Å². The third-order valence-corrected chi connectivity index (χ3v) is 4.42. The van der Waals surface area contributed by atoms with Crippen molar-refractivity contribution in [1.29, 1.82) is 0 Å². The average molecular weight is 345 g/mol. The van der Waals surface area contributed by atoms with Crippen LogP contribution >= 0.6 is 15.9 Å². The minimum atomic E-state index is -0.357. The Hall–Kier alpha value is -1.49. The van der Waals surface area contributed by atoms with Gasteiger partial charge in [-0.25, -0.2) is 0 Å². The molecule has 0 aromatic heterocycles. The van der Waals surface area contributed by atoms with E-state index in [0.29, 0.717) is 5.56 Å². The van der Waals surface area contributed by atoms with Gasteiger partial charge in [0, 0.05) is 10.0 Å². The fourth-order valence-corrected chi connectivity index (χ4v) is 2.91. The Kier molecular flexibility index (Phi) is 3.17. The second kappa shape index (κ2) is 5.05. The van der Waals surface area contributed by atoms with Crippen molar-refractivity contribution in [2.45, 2.75) is 24.4 Å². The summed E-state index contributed by atoms with van der Waals surface area (Å²) in [5.74, 6) is 0.0369. The number of carbonyl (C=O) groups excluding carboxylic acids is 1. The van der Waals surface area contributed by atoms with Crippen LogP contribution in [0.25, 0.3) is 0 Å². The Morgan fingerprint density at radius 1 is 0.905 bits per heavy atom. The SMILES string of the molecule is O=C(c1ccc(Br)cc1)C1OC1C1OC1c1ccccc1. The zero-order chi connectivity index (χ0) is 14.4. The molecule has 0 bridgehead atoms. The van der Waals surface area contributed by atoms with Gasteiger partial charge in [0.2, 0.25) is 0 Å². The van der Waals surface area contributed by atoms with E-state index in [9.17, 15) is 4.79 Å². The summed E-state index contributed by atoms with van der Waals surface area (Å²) in [6.07, 6.45) is -0.382. The van der Waals surface area contributed by atoms with Crippen LogP contribution in [-0.4, -0.2) is 24.1 Å². The second-order valence-corrected chi connectivity index (χ2v) is 6.24. The standard InChI is InChI=1S/C17H13BrO3/c18-12-8-6-10(7-9-12)13(19)15-17(21-15)16-14(20-16)11-4-2-1-3-5-11/h1-9,14-17H. The molecule has 2 aliphatic rings. The number of epoxide rings is 2. The van der Waals surface area contributed by atoms with Crippen LogP contribution in [0, 0.1) is 0 Å². The van der Waals surface area contributed by atoms with Crippen LogP contribution in [0.4, 0.5) is 0 Å². The van der Waals surface area contributed by atoms with Crippen LogP contribution in [0.1, 0.15) is 22.0 Å². The van der Waals surface area contributed by atoms with Gasteiger partial charge in [-0.1, -0.05) is 58.4 Å². The van der Waals surface area contributed by atoms with Gasteiger partial charge in [0.15, 0.2) is 5.78 Å². The first kappa shape index (κ1) is 13.2. The molecule has 2 saturated heterocycles. The third kappa shape index (κ3) is 2.55. The highest BCUT2D eigenvalue weighted by molar-refractivity contribution is 9.10. The highest BCUT2D eigenvalue weighted by Gasteiger charge is 2.60. The van der Waals surface area contributed by atoms with Gasteiger partial charge >= 0.3 is 0 Å². The lowest BCUT2D eigenvalue weighted by molar-refractivity contribution is 0.0953. The number of benzene rings is 2. The lowest BCUT2D eigenvalue weighted by Gasteiger charge is -1.97. The predicted molar refractivity (Wildman–Crippen MR) is 81.2 cm³/mol. The van der Waals surface area contributed by atoms with E-state index in [0.717, 1.165) is 10.0 Å². The zero-order valence-corrected chi connectivity index (χ0v) is 12.7. The molecule has 2 aromatic carbocycles. The maximum absolute atomic E-state index is 12.3. The molecule has 2 heterocycles. The number of rotatable bonds is 4. The molecule has 2 fully saturated rings. The number of ether oxygens (including phenoxy) is 2. The quantitative estimate of drug-likeness (QED) is 0.629. The lowest BCUT2D eigenvalue weighted by Crippen LogP contribution is -2.13. The first-order chi connectivity index (χ1) is 10.2. The Morgan fingerprint density at radius 3 is 2.33 bits per heavy atom. The fourth-order valence-electron chi connectivity index (χ4n) is 2.65. The molecular weight excluding hydrogens is 332 g/mol. The van der Waals surface area contributed by atoms with Crippen molar-refractivity contribution < 1.29 is 14.3 Å². The maximum Gasteiger partial charge on any atom is 0.194 e. The van der Waals surface area contributed by atoms with Crippen LogP contribution in [0.3, 0.4) is 0 Å². The van der Waals surface area contributed by atoms with Crippen LogP contribution in [0.15, 0.2) is 59.1 Å². The molecule has 21 heavy (non-hydrogen) atoms. The summed E-state index contributed by atoms with van der Waals surface area (Å²) >= 11 is 3.36. The number of Topliss-reactive ketones (excluding diaryl/α,β-unsaturated/α-hetero) is 1. The highest BCUT2D eigenvalue weighted by Crippen LogP contribution is 2.48. The third-order valence-electron chi connectivity index (χ3n) is 3.89. The number of hydrogen-bond acceptors (Lipinski definition) is 3. The van der Waals surface area contributed by atoms with Crippen molar-refractivity contribution in [1.82, 2.24) is 0 Å². The minimum Gasteiger partial charge on any atom is -0.362 e. The van der Waals surface area contributed by atoms with E-state index in [2.05, 4.69) is 15.9 Å². The van der Waals surface area contributed by atoms with Crippen molar-refractivity contribution in [2.24, 2.45) is 0 Å². The molecule has 0 spiro atoms. The van der Waals surface area contributed by atoms with Gasteiger partial charge < -0.3 is 9.47 Å². The largest absolute Gasteiger partial charge is 0.362 e. The molecule has 0 radical (unpaired) electrons. The van der Waals surface area contributed by atoms with Gasteiger partial charge in [-0.2, -0.15) is 0 Å². The molecule has 2 aliphatic heterocycles. The topological polar surface area (TPSA) is 42.1 Å². The molecular formula is C17H13BrO3. The van der Waals surface area contributed by atoms with Crippen LogP contribution in [0.5, 0.6) is 0 Å². The van der Waals surface area contributed by atoms with Crippen LogP contribution in [0.2, 0.25) is 0 Å². The van der Waals surface area contributed by atoms with Crippen molar-refractivity contribution in [3.8, 4) is 0 Å². The zero-order valence-electron chi connectivity index (χ0n) is 11.1. The van der Waals surface area contributed by atoms with E-state index in [1.165, 1.54) is 0 Å². The summed E-state index contributed by atoms with van der Waals surface area (Å²) in [6, 6.07) is 17.4. The molecule has 0 amide bonds. The summed E-state index contributed by atoms with van der Waals surface area (Å²) in [4.78, 5) is 12.3. The van der Waals surface area contributed by atoms with Crippen molar-refractivity contribution in [3.63, 3.8) is 0 Å². The summed E-state index contributed by atoms with van der Waals surface area (Å²) in [5.41, 5.74) is 1.83. The molecule has 3 nitrogen and oxygen atoms in total. The molecule has 4 unspecified atom stereocenters. The molecule has 4 rings (SSSR count). The van der Waals surface area contributed by atoms with Gasteiger partial charge in [-0.05, 0) is 17.7 Å². The first-order valence-corrected chi connectivity index (χ1v) is 7.69. The number of hydrogen-bond donors (Lipinski definition) is 0. The van der Waals surface area contributed by atoms with E-state index in [1.54, 1.807) is 0 Å². The summed E-state index contributed by atoms with van der Waals surface area (Å²) < 4.78 is 12.2. The number of halogens is 1. The van der Waals surface area contributed by atoms with E-state index in [-0.39, 0.29) is 30.2 Å². The van der Waals surface area contributed by atoms with Crippen molar-refractivity contribution >= 4 is 21.7 Å². The molecule has 0 saturated carbocycles. The Balaban J connectivity index is 1.41. The Morgan fingerprint density at radius 2 is 1.62 bits per heavy atom. The normalized spacial score (nSPS) is 30.0. The number of carbonyl (C=O) groups is 1. The Labute approximate surface area is 131 Å². The van der Waals surface area contributed by atoms with E-state index < -0.39 is 0 Å². The van der Waals surface area contributed by atoms with E-state index >= 15 is 0 Å². The molecule has 106 valence electrons. The molecule has 2 aromatic rings. The Bertz CT molecular complexity index is 668. The first-order valence-electron chi connectivity index (χ1n) is 6.90. The monoisotopic (exact) mass is 344 g/mol. The van der Waals surface area contributed by atoms with Crippen LogP contribution in [-0.2, 0) is 9.47 Å². The summed E-state index contributed by atoms with van der Waals surface area (Å²) in [5, 5.41) is 0. The molecule has 4 atom stereocenters. The van der Waals surface area contributed by atoms with E-state index in [1.807, 2.05) is 54.6 Å². The number of ketones is 1. The fraction of sp³-hybridized carbons (Fsp3) is 0.235. The average Bonchev–Trinajstić information content (AvgIpc) is 3.40. The van der Waals surface area contributed by atoms with Gasteiger partial charge in [0.05, 0.1) is 0 Å². The summed E-state index contributed by atoms with van der Waals surface area (Å²) in [7, 11) is 0. The van der Waals surface area contributed by atoms with Gasteiger partial charge in [-0.15, -0.1) is 0 Å². The lowest BCUT2D eigenvalue weighted by atomic mass is 10.0. The molecule has 0 aliphatic carbocycles. The van der Waals surface area contributed by atoms with Gasteiger partial charge in [0.25, 0.3) is 0 Å². The van der Waals surface area contributed by atoms with Crippen molar-refractivity contribution in [3.05, 3.63) is 70.2 Å². The molecule has 0 N–H and O–H groups in total. The predicted octanol–water partition coefficient (Wildman–Crippen LogP) is 3.54. The smallest absolute Gasteiger partial charge is 0.194 e.